The number of hydrogen-bond donors (Lipinski definition) is 0. The van der Waals surface area contributed by atoms with E-state index in [2.05, 4.69) is 6.58 Å². The Balaban J connectivity index is 3.35. The molecule has 0 aliphatic heterocycles. The van der Waals surface area contributed by atoms with Crippen LogP contribution in [0.4, 0.5) is 13.2 Å². The normalized spacial score (nSPS) is 14.0. The number of thioether (sulfide) groups is 1. The molecule has 0 aliphatic rings. The topological polar surface area (TPSA) is 43.4 Å². The Labute approximate surface area is 130 Å². The largest absolute Gasteiger partial charge is 0.465 e. The quantitative estimate of drug-likeness (QED) is 0.330. The van der Waals surface area contributed by atoms with Crippen LogP contribution in [-0.4, -0.2) is 29.3 Å². The van der Waals surface area contributed by atoms with Crippen LogP contribution in [-0.2, 0) is 14.3 Å². The predicted molar refractivity (Wildman–Crippen MR) is 77.5 cm³/mol. The van der Waals surface area contributed by atoms with Gasteiger partial charge in [0.05, 0.1) is 6.61 Å². The fraction of sp³-hybridized carbons (Fsp3) is 0.333. The molecule has 0 radical (unpaired) electrons. The van der Waals surface area contributed by atoms with Crippen molar-refractivity contribution in [3.63, 3.8) is 0 Å². The minimum absolute atomic E-state index is 0.127. The van der Waals surface area contributed by atoms with Crippen LogP contribution in [0.15, 0.2) is 47.9 Å². The smallest absolute Gasteiger partial charge is 0.452 e. The summed E-state index contributed by atoms with van der Waals surface area (Å²) in [4.78, 5) is 24.4. The Morgan fingerprint density at radius 1 is 1.27 bits per heavy atom. The first-order valence-corrected chi connectivity index (χ1v) is 7.23. The average molecular weight is 332 g/mol. The molecule has 1 atom stereocenters. The number of carbonyl (C=O) groups excluding carboxylic acids is 2. The second-order valence-corrected chi connectivity index (χ2v) is 5.65. The van der Waals surface area contributed by atoms with Crippen LogP contribution in [0.1, 0.15) is 13.3 Å². The molecule has 0 amide bonds. The number of ketones is 1. The highest BCUT2D eigenvalue weighted by atomic mass is 32.2. The van der Waals surface area contributed by atoms with Crippen molar-refractivity contribution < 1.29 is 27.5 Å². The van der Waals surface area contributed by atoms with Gasteiger partial charge in [0.25, 0.3) is 5.78 Å². The number of ether oxygens (including phenoxy) is 1. The van der Waals surface area contributed by atoms with Gasteiger partial charge in [-0.05, 0) is 25.5 Å². The summed E-state index contributed by atoms with van der Waals surface area (Å²) in [6.45, 7) is 4.69. The van der Waals surface area contributed by atoms with Gasteiger partial charge < -0.3 is 4.74 Å². The molecule has 0 saturated heterocycles. The number of allylic oxidation sites excluding steroid dienone is 1. The second-order valence-electron chi connectivity index (χ2n) is 4.28. The molecule has 1 rings (SSSR count). The molecule has 1 unspecified atom stereocenters. The number of benzene rings is 1. The van der Waals surface area contributed by atoms with E-state index in [1.54, 1.807) is 18.2 Å². The summed E-state index contributed by atoms with van der Waals surface area (Å²) < 4.78 is 41.2. The maximum atomic E-state index is 13.0. The van der Waals surface area contributed by atoms with Gasteiger partial charge in [-0.2, -0.15) is 13.2 Å². The predicted octanol–water partition coefficient (Wildman–Crippen LogP) is 3.79. The molecule has 0 saturated carbocycles. The fourth-order valence-corrected chi connectivity index (χ4v) is 3.02. The number of carbonyl (C=O) groups is 2. The molecule has 0 N–H and O–H groups in total. The molecule has 7 heteroatoms. The van der Waals surface area contributed by atoms with Crippen molar-refractivity contribution in [3.8, 4) is 0 Å². The number of rotatable bonds is 7. The van der Waals surface area contributed by atoms with E-state index < -0.39 is 29.1 Å². The molecule has 1 aromatic rings. The molecule has 0 heterocycles. The van der Waals surface area contributed by atoms with Crippen molar-refractivity contribution in [1.82, 2.24) is 0 Å². The summed E-state index contributed by atoms with van der Waals surface area (Å²) >= 11 is 0.528. The van der Waals surface area contributed by atoms with Crippen LogP contribution >= 0.6 is 11.8 Å². The van der Waals surface area contributed by atoms with Crippen LogP contribution in [0.25, 0.3) is 0 Å². The van der Waals surface area contributed by atoms with Crippen molar-refractivity contribution in [2.75, 3.05) is 6.61 Å². The SMILES string of the molecule is C=CCC(Sc1ccccc1)(C(=O)OCC)C(=O)C(F)(F)F. The lowest BCUT2D eigenvalue weighted by molar-refractivity contribution is -0.178. The molecule has 120 valence electrons. The van der Waals surface area contributed by atoms with Gasteiger partial charge in [0.2, 0.25) is 0 Å². The zero-order valence-corrected chi connectivity index (χ0v) is 12.7. The molecule has 3 nitrogen and oxygen atoms in total. The molecule has 0 aromatic heterocycles. The maximum absolute atomic E-state index is 13.0. The summed E-state index contributed by atoms with van der Waals surface area (Å²) in [5.41, 5.74) is 0. The first-order valence-electron chi connectivity index (χ1n) is 6.41. The zero-order chi connectivity index (χ0) is 16.8. The van der Waals surface area contributed by atoms with Crippen LogP contribution in [0.3, 0.4) is 0 Å². The van der Waals surface area contributed by atoms with E-state index in [0.29, 0.717) is 16.7 Å². The third-order valence-corrected chi connectivity index (χ3v) is 4.07. The van der Waals surface area contributed by atoms with Gasteiger partial charge >= 0.3 is 12.1 Å². The first kappa shape index (κ1) is 18.3. The van der Waals surface area contributed by atoms with Gasteiger partial charge in [0.15, 0.2) is 4.75 Å². The Bertz CT molecular complexity index is 543. The Morgan fingerprint density at radius 3 is 2.32 bits per heavy atom. The third-order valence-electron chi connectivity index (χ3n) is 2.70. The first-order chi connectivity index (χ1) is 10.3. The lowest BCUT2D eigenvalue weighted by Crippen LogP contribution is -2.50. The summed E-state index contributed by atoms with van der Waals surface area (Å²) in [6, 6.07) is 7.92. The Kier molecular flexibility index (Phi) is 6.22. The Hall–Kier alpha value is -1.76. The van der Waals surface area contributed by atoms with Gasteiger partial charge in [0, 0.05) is 4.90 Å². The van der Waals surface area contributed by atoms with Crippen molar-refractivity contribution in [2.24, 2.45) is 0 Å². The molecular formula is C15H15F3O3S. The van der Waals surface area contributed by atoms with E-state index in [1.165, 1.54) is 19.1 Å². The van der Waals surface area contributed by atoms with Crippen LogP contribution < -0.4 is 0 Å². The Morgan fingerprint density at radius 2 is 1.86 bits per heavy atom. The summed E-state index contributed by atoms with van der Waals surface area (Å²) in [5.74, 6) is -3.36. The van der Waals surface area contributed by atoms with Crippen LogP contribution in [0.2, 0.25) is 0 Å². The number of hydrogen-bond acceptors (Lipinski definition) is 4. The van der Waals surface area contributed by atoms with Gasteiger partial charge in [-0.1, -0.05) is 36.0 Å². The van der Waals surface area contributed by atoms with E-state index >= 15 is 0 Å². The number of alkyl halides is 3. The van der Waals surface area contributed by atoms with E-state index in [-0.39, 0.29) is 6.61 Å². The van der Waals surface area contributed by atoms with Gasteiger partial charge in [-0.25, -0.2) is 0 Å². The summed E-state index contributed by atoms with van der Waals surface area (Å²) in [5, 5.41) is 0. The molecule has 22 heavy (non-hydrogen) atoms. The molecule has 0 fully saturated rings. The number of halogens is 3. The molecule has 0 aliphatic carbocycles. The molecule has 1 aromatic carbocycles. The van der Waals surface area contributed by atoms with Gasteiger partial charge in [-0.3, -0.25) is 9.59 Å². The highest BCUT2D eigenvalue weighted by Gasteiger charge is 2.58. The summed E-state index contributed by atoms with van der Waals surface area (Å²) in [7, 11) is 0. The molecule has 0 bridgehead atoms. The van der Waals surface area contributed by atoms with Crippen LogP contribution in [0.5, 0.6) is 0 Å². The summed E-state index contributed by atoms with van der Waals surface area (Å²) in [6.07, 6.45) is -4.53. The lowest BCUT2D eigenvalue weighted by atomic mass is 9.98. The van der Waals surface area contributed by atoms with Crippen LogP contribution in [0, 0.1) is 0 Å². The average Bonchev–Trinajstić information content (AvgIpc) is 2.46. The highest BCUT2D eigenvalue weighted by Crippen LogP contribution is 2.42. The standard InChI is InChI=1S/C15H15F3O3S/c1-3-10-14(13(20)21-4-2,12(19)15(16,17)18)22-11-8-6-5-7-9-11/h3,5-9H,1,4,10H2,2H3. The van der Waals surface area contributed by atoms with E-state index in [1.807, 2.05) is 0 Å². The van der Waals surface area contributed by atoms with Crippen molar-refractivity contribution in [1.29, 1.82) is 0 Å². The third kappa shape index (κ3) is 4.13. The molecular weight excluding hydrogens is 317 g/mol. The molecule has 0 spiro atoms. The minimum atomic E-state index is -5.16. The van der Waals surface area contributed by atoms with Crippen molar-refractivity contribution >= 4 is 23.5 Å². The van der Waals surface area contributed by atoms with E-state index in [9.17, 15) is 22.8 Å². The van der Waals surface area contributed by atoms with E-state index in [0.717, 1.165) is 6.08 Å². The lowest BCUT2D eigenvalue weighted by Gasteiger charge is -2.29. The van der Waals surface area contributed by atoms with E-state index in [4.69, 9.17) is 4.74 Å². The van der Waals surface area contributed by atoms with Gasteiger partial charge in [0.1, 0.15) is 0 Å². The van der Waals surface area contributed by atoms with Crippen molar-refractivity contribution in [2.45, 2.75) is 29.2 Å². The highest BCUT2D eigenvalue weighted by molar-refractivity contribution is 8.02. The monoisotopic (exact) mass is 332 g/mol. The maximum Gasteiger partial charge on any atom is 0.452 e. The zero-order valence-electron chi connectivity index (χ0n) is 11.9. The van der Waals surface area contributed by atoms with Gasteiger partial charge in [-0.15, -0.1) is 6.58 Å². The fourth-order valence-electron chi connectivity index (χ4n) is 1.77. The number of esters is 1. The minimum Gasteiger partial charge on any atom is -0.465 e. The second kappa shape index (κ2) is 7.49. The van der Waals surface area contributed by atoms with Crippen molar-refractivity contribution in [3.05, 3.63) is 43.0 Å². The number of Topliss-reactive ketones (excluding diaryl/α,β-unsaturated/α-hetero) is 1.